The van der Waals surface area contributed by atoms with Gasteiger partial charge in [0.1, 0.15) is 5.82 Å². The van der Waals surface area contributed by atoms with E-state index >= 15 is 0 Å². The molecule has 1 aliphatic heterocycles. The highest BCUT2D eigenvalue weighted by atomic mass is 35.5. The van der Waals surface area contributed by atoms with E-state index < -0.39 is 11.4 Å². The highest BCUT2D eigenvalue weighted by Gasteiger charge is 2.27. The number of hydrogen-bond acceptors (Lipinski definition) is 2. The molecule has 0 bridgehead atoms. The van der Waals surface area contributed by atoms with Crippen LogP contribution >= 0.6 is 11.6 Å². The fourth-order valence-corrected chi connectivity index (χ4v) is 2.40. The molecule has 1 aromatic rings. The summed E-state index contributed by atoms with van der Waals surface area (Å²) in [6, 6.07) is 4.07. The first-order valence-electron chi connectivity index (χ1n) is 6.36. The Balaban J connectivity index is 2.13. The van der Waals surface area contributed by atoms with Crippen LogP contribution in [0.4, 0.5) is 4.39 Å². The maximum absolute atomic E-state index is 13.4. The first-order chi connectivity index (χ1) is 8.89. The Labute approximate surface area is 117 Å². The molecule has 0 radical (unpaired) electrons. The van der Waals surface area contributed by atoms with Crippen LogP contribution in [0.5, 0.6) is 0 Å². The van der Waals surface area contributed by atoms with Crippen molar-refractivity contribution in [1.82, 2.24) is 4.90 Å². The van der Waals surface area contributed by atoms with Crippen LogP contribution in [0, 0.1) is 5.82 Å². The van der Waals surface area contributed by atoms with E-state index in [0.717, 1.165) is 12.5 Å². The van der Waals surface area contributed by atoms with Gasteiger partial charge in [-0.1, -0.05) is 11.6 Å². The van der Waals surface area contributed by atoms with Crippen molar-refractivity contribution in [2.24, 2.45) is 0 Å². The summed E-state index contributed by atoms with van der Waals surface area (Å²) in [5.41, 5.74) is -0.427. The summed E-state index contributed by atoms with van der Waals surface area (Å²) in [4.78, 5) is 13.9. The molecule has 1 heterocycles. The standard InChI is InChI=1S/C14H17ClFNO2/c1-14(19)5-2-7-17(8-6-14)13(18)10-3-4-11(15)12(16)9-10/h3-4,9,19H,2,5-8H2,1H3. The molecule has 104 valence electrons. The fourth-order valence-electron chi connectivity index (χ4n) is 2.28. The number of amides is 1. The van der Waals surface area contributed by atoms with Crippen molar-refractivity contribution in [2.75, 3.05) is 13.1 Å². The average Bonchev–Trinajstić information content (AvgIpc) is 2.53. The molecule has 1 fully saturated rings. The first kappa shape index (κ1) is 14.3. The highest BCUT2D eigenvalue weighted by Crippen LogP contribution is 2.23. The van der Waals surface area contributed by atoms with Gasteiger partial charge in [-0.15, -0.1) is 0 Å². The summed E-state index contributed by atoms with van der Waals surface area (Å²) in [6.07, 6.45) is 1.95. The van der Waals surface area contributed by atoms with Crippen molar-refractivity contribution in [3.63, 3.8) is 0 Å². The Kier molecular flexibility index (Phi) is 4.11. The number of carbonyl (C=O) groups is 1. The van der Waals surface area contributed by atoms with Gasteiger partial charge in [-0.25, -0.2) is 4.39 Å². The Hall–Kier alpha value is -1.13. The van der Waals surface area contributed by atoms with Crippen LogP contribution in [-0.2, 0) is 0 Å². The Bertz CT molecular complexity index is 490. The van der Waals surface area contributed by atoms with E-state index in [1.807, 2.05) is 0 Å². The zero-order valence-corrected chi connectivity index (χ0v) is 11.6. The Morgan fingerprint density at radius 2 is 2.16 bits per heavy atom. The van der Waals surface area contributed by atoms with Crippen LogP contribution in [0.15, 0.2) is 18.2 Å². The Morgan fingerprint density at radius 3 is 2.84 bits per heavy atom. The van der Waals surface area contributed by atoms with Crippen molar-refractivity contribution in [1.29, 1.82) is 0 Å². The summed E-state index contributed by atoms with van der Waals surface area (Å²) in [6.45, 7) is 2.85. The molecule has 1 amide bonds. The van der Waals surface area contributed by atoms with Crippen LogP contribution in [0.1, 0.15) is 36.5 Å². The van der Waals surface area contributed by atoms with E-state index in [9.17, 15) is 14.3 Å². The third-order valence-electron chi connectivity index (χ3n) is 3.52. The van der Waals surface area contributed by atoms with Crippen molar-refractivity contribution >= 4 is 17.5 Å². The lowest BCUT2D eigenvalue weighted by Crippen LogP contribution is -2.33. The summed E-state index contributed by atoms with van der Waals surface area (Å²) < 4.78 is 13.4. The molecule has 1 atom stereocenters. The van der Waals surface area contributed by atoms with Gasteiger partial charge < -0.3 is 10.0 Å². The topological polar surface area (TPSA) is 40.5 Å². The minimum atomic E-state index is -0.722. The quantitative estimate of drug-likeness (QED) is 0.862. The maximum Gasteiger partial charge on any atom is 0.253 e. The van der Waals surface area contributed by atoms with Gasteiger partial charge in [-0.2, -0.15) is 0 Å². The smallest absolute Gasteiger partial charge is 0.253 e. The van der Waals surface area contributed by atoms with Gasteiger partial charge in [0.05, 0.1) is 10.6 Å². The third kappa shape index (κ3) is 3.45. The van der Waals surface area contributed by atoms with Gasteiger partial charge in [0.15, 0.2) is 0 Å². The Morgan fingerprint density at radius 1 is 1.42 bits per heavy atom. The fraction of sp³-hybridized carbons (Fsp3) is 0.500. The lowest BCUT2D eigenvalue weighted by Gasteiger charge is -2.22. The number of nitrogens with zero attached hydrogens (tertiary/aromatic N) is 1. The van der Waals surface area contributed by atoms with E-state index in [-0.39, 0.29) is 10.9 Å². The molecular formula is C14H17ClFNO2. The minimum absolute atomic E-state index is 0.00958. The molecule has 5 heteroatoms. The number of halogens is 2. The van der Waals surface area contributed by atoms with E-state index in [0.29, 0.717) is 31.5 Å². The van der Waals surface area contributed by atoms with E-state index in [2.05, 4.69) is 0 Å². The highest BCUT2D eigenvalue weighted by molar-refractivity contribution is 6.30. The minimum Gasteiger partial charge on any atom is -0.390 e. The number of carbonyl (C=O) groups excluding carboxylic acids is 1. The predicted molar refractivity (Wildman–Crippen MR) is 71.8 cm³/mol. The number of aliphatic hydroxyl groups is 1. The van der Waals surface area contributed by atoms with Gasteiger partial charge in [-0.3, -0.25) is 4.79 Å². The van der Waals surface area contributed by atoms with E-state index in [4.69, 9.17) is 11.6 Å². The number of rotatable bonds is 1. The van der Waals surface area contributed by atoms with Gasteiger partial charge in [-0.05, 0) is 44.4 Å². The number of hydrogen-bond donors (Lipinski definition) is 1. The van der Waals surface area contributed by atoms with Crippen LogP contribution in [0.3, 0.4) is 0 Å². The maximum atomic E-state index is 13.4. The second-order valence-corrected chi connectivity index (χ2v) is 5.68. The second kappa shape index (κ2) is 5.47. The van der Waals surface area contributed by atoms with Gasteiger partial charge in [0.2, 0.25) is 0 Å². The summed E-state index contributed by atoms with van der Waals surface area (Å²) >= 11 is 5.60. The number of likely N-dealkylation sites (tertiary alicyclic amines) is 1. The molecule has 1 N–H and O–H groups in total. The lowest BCUT2D eigenvalue weighted by molar-refractivity contribution is 0.0438. The van der Waals surface area contributed by atoms with Crippen molar-refractivity contribution in [3.05, 3.63) is 34.6 Å². The van der Waals surface area contributed by atoms with Crippen molar-refractivity contribution in [2.45, 2.75) is 31.8 Å². The molecule has 0 spiro atoms. The van der Waals surface area contributed by atoms with E-state index in [1.165, 1.54) is 12.1 Å². The molecule has 0 aliphatic carbocycles. The molecule has 2 rings (SSSR count). The monoisotopic (exact) mass is 285 g/mol. The van der Waals surface area contributed by atoms with Crippen LogP contribution in [0.25, 0.3) is 0 Å². The van der Waals surface area contributed by atoms with Gasteiger partial charge in [0, 0.05) is 18.7 Å². The van der Waals surface area contributed by atoms with Crippen molar-refractivity contribution in [3.8, 4) is 0 Å². The molecule has 1 unspecified atom stereocenters. The van der Waals surface area contributed by atoms with Gasteiger partial charge in [0.25, 0.3) is 5.91 Å². The molecule has 0 aromatic heterocycles. The lowest BCUT2D eigenvalue weighted by atomic mass is 9.98. The largest absolute Gasteiger partial charge is 0.390 e. The molecule has 1 saturated heterocycles. The summed E-state index contributed by atoms with van der Waals surface area (Å²) in [5.74, 6) is -0.803. The number of benzene rings is 1. The second-order valence-electron chi connectivity index (χ2n) is 5.27. The van der Waals surface area contributed by atoms with Gasteiger partial charge >= 0.3 is 0 Å². The molecule has 3 nitrogen and oxygen atoms in total. The molecule has 0 saturated carbocycles. The molecule has 1 aromatic carbocycles. The van der Waals surface area contributed by atoms with Crippen LogP contribution < -0.4 is 0 Å². The zero-order chi connectivity index (χ0) is 14.0. The SMILES string of the molecule is CC1(O)CCCN(C(=O)c2ccc(Cl)c(F)c2)CC1. The molecule has 1 aliphatic rings. The zero-order valence-electron chi connectivity index (χ0n) is 10.8. The summed E-state index contributed by atoms with van der Waals surface area (Å²) in [7, 11) is 0. The predicted octanol–water partition coefficient (Wildman–Crippen LogP) is 2.86. The van der Waals surface area contributed by atoms with Crippen LogP contribution in [0.2, 0.25) is 5.02 Å². The molecule has 19 heavy (non-hydrogen) atoms. The molecular weight excluding hydrogens is 269 g/mol. The third-order valence-corrected chi connectivity index (χ3v) is 3.82. The van der Waals surface area contributed by atoms with Crippen LogP contribution in [-0.4, -0.2) is 34.6 Å². The summed E-state index contributed by atoms with van der Waals surface area (Å²) in [5, 5.41) is 10.00. The average molecular weight is 286 g/mol. The van der Waals surface area contributed by atoms with E-state index in [1.54, 1.807) is 11.8 Å². The first-order valence-corrected chi connectivity index (χ1v) is 6.73. The normalized spacial score (nSPS) is 24.1. The van der Waals surface area contributed by atoms with Crippen molar-refractivity contribution < 1.29 is 14.3 Å².